The molecule has 27 heavy (non-hydrogen) atoms. The zero-order valence-electron chi connectivity index (χ0n) is 16.3. The lowest BCUT2D eigenvalue weighted by atomic mass is 9.99. The monoisotopic (exact) mass is 366 g/mol. The van der Waals surface area contributed by atoms with Crippen LogP contribution in [-0.2, 0) is 4.74 Å². The molecule has 0 bridgehead atoms. The third-order valence-corrected chi connectivity index (χ3v) is 4.59. The van der Waals surface area contributed by atoms with Crippen LogP contribution in [-0.4, -0.2) is 38.0 Å². The molecule has 3 N–H and O–H groups in total. The highest BCUT2D eigenvalue weighted by atomic mass is 16.5. The van der Waals surface area contributed by atoms with E-state index in [0.717, 1.165) is 56.2 Å². The summed E-state index contributed by atoms with van der Waals surface area (Å²) in [6.07, 6.45) is 18.9. The van der Waals surface area contributed by atoms with Crippen molar-refractivity contribution in [2.24, 2.45) is 4.99 Å². The van der Waals surface area contributed by atoms with Crippen molar-refractivity contribution < 1.29 is 4.74 Å². The summed E-state index contributed by atoms with van der Waals surface area (Å²) in [4.78, 5) is 4.57. The molecule has 144 valence electrons. The van der Waals surface area contributed by atoms with Crippen molar-refractivity contribution in [3.63, 3.8) is 0 Å². The predicted octanol–water partition coefficient (Wildman–Crippen LogP) is 3.09. The van der Waals surface area contributed by atoms with E-state index in [1.165, 1.54) is 11.1 Å². The van der Waals surface area contributed by atoms with Crippen molar-refractivity contribution in [1.29, 1.82) is 0 Å². The Kier molecular flexibility index (Phi) is 7.11. The average molecular weight is 367 g/mol. The second-order valence-corrected chi connectivity index (χ2v) is 6.74. The van der Waals surface area contributed by atoms with Gasteiger partial charge in [-0.15, -0.1) is 0 Å². The molecule has 0 aromatic heterocycles. The summed E-state index contributed by atoms with van der Waals surface area (Å²) in [5.74, 6) is 0.942. The molecular formula is C22H30N4O. The maximum absolute atomic E-state index is 6.18. The van der Waals surface area contributed by atoms with Gasteiger partial charge in [-0.3, -0.25) is 4.99 Å². The molecule has 0 aromatic carbocycles. The molecule has 2 heterocycles. The second kappa shape index (κ2) is 9.97. The van der Waals surface area contributed by atoms with Crippen LogP contribution in [0.25, 0.3) is 0 Å². The fraction of sp³-hybridized carbons (Fsp3) is 0.409. The van der Waals surface area contributed by atoms with Gasteiger partial charge in [0, 0.05) is 32.0 Å². The standard InChI is InChI=1S/C22H30N4O/c1-3-5-18-7-6-17(13-20(18)25-10-4-2)14-26-21-16-24-12-9-22(21)27-19-8-11-23-15-19/h4-7,9-10,13,16,19,23-24,26H,3,8,11-12,14-15H2,1-2H3/b10-4-,18-5+,25-20+. The maximum Gasteiger partial charge on any atom is 0.142 e. The highest BCUT2D eigenvalue weighted by molar-refractivity contribution is 6.12. The van der Waals surface area contributed by atoms with Crippen LogP contribution in [0.4, 0.5) is 0 Å². The van der Waals surface area contributed by atoms with Crippen LogP contribution < -0.4 is 16.0 Å². The lowest BCUT2D eigenvalue weighted by Crippen LogP contribution is -2.28. The van der Waals surface area contributed by atoms with E-state index in [0.29, 0.717) is 0 Å². The smallest absolute Gasteiger partial charge is 0.142 e. The summed E-state index contributed by atoms with van der Waals surface area (Å²) in [7, 11) is 0. The number of hydrogen-bond acceptors (Lipinski definition) is 5. The van der Waals surface area contributed by atoms with Crippen LogP contribution >= 0.6 is 0 Å². The minimum absolute atomic E-state index is 0.259. The van der Waals surface area contributed by atoms with E-state index in [1.807, 2.05) is 25.4 Å². The minimum Gasteiger partial charge on any atom is -0.487 e. The van der Waals surface area contributed by atoms with E-state index in [-0.39, 0.29) is 6.10 Å². The predicted molar refractivity (Wildman–Crippen MR) is 112 cm³/mol. The quantitative estimate of drug-likeness (QED) is 0.648. The van der Waals surface area contributed by atoms with E-state index in [4.69, 9.17) is 4.74 Å². The Bertz CT molecular complexity index is 731. The molecule has 1 fully saturated rings. The normalized spacial score (nSPS) is 25.4. The van der Waals surface area contributed by atoms with E-state index in [1.54, 1.807) is 0 Å². The number of rotatable bonds is 7. The fourth-order valence-electron chi connectivity index (χ4n) is 3.21. The molecule has 1 saturated heterocycles. The Morgan fingerprint density at radius 3 is 3.07 bits per heavy atom. The number of hydrogen-bond donors (Lipinski definition) is 3. The number of nitrogens with zero attached hydrogens (tertiary/aromatic N) is 1. The molecule has 1 atom stereocenters. The van der Waals surface area contributed by atoms with Crippen LogP contribution in [0.2, 0.25) is 0 Å². The van der Waals surface area contributed by atoms with Crippen molar-refractivity contribution in [1.82, 2.24) is 16.0 Å². The summed E-state index contributed by atoms with van der Waals surface area (Å²) in [6.45, 7) is 7.60. The maximum atomic E-state index is 6.18. The van der Waals surface area contributed by atoms with Crippen LogP contribution in [0.1, 0.15) is 26.7 Å². The van der Waals surface area contributed by atoms with Crippen LogP contribution in [0.3, 0.4) is 0 Å². The molecule has 0 amide bonds. The molecule has 0 spiro atoms. The van der Waals surface area contributed by atoms with Gasteiger partial charge in [-0.05, 0) is 49.6 Å². The first-order valence-electron chi connectivity index (χ1n) is 9.83. The van der Waals surface area contributed by atoms with Gasteiger partial charge in [0.15, 0.2) is 0 Å². The third-order valence-electron chi connectivity index (χ3n) is 4.59. The zero-order valence-corrected chi connectivity index (χ0v) is 16.3. The summed E-state index contributed by atoms with van der Waals surface area (Å²) in [5, 5.41) is 10.1. The summed E-state index contributed by atoms with van der Waals surface area (Å²) < 4.78 is 6.18. The summed E-state index contributed by atoms with van der Waals surface area (Å²) in [5.41, 5.74) is 4.38. The Morgan fingerprint density at radius 2 is 2.30 bits per heavy atom. The first-order valence-corrected chi connectivity index (χ1v) is 9.83. The van der Waals surface area contributed by atoms with Crippen molar-refractivity contribution >= 4 is 5.71 Å². The first-order chi connectivity index (χ1) is 13.3. The van der Waals surface area contributed by atoms with E-state index in [9.17, 15) is 0 Å². The topological polar surface area (TPSA) is 57.7 Å². The van der Waals surface area contributed by atoms with Gasteiger partial charge in [0.1, 0.15) is 11.9 Å². The lowest BCUT2D eigenvalue weighted by Gasteiger charge is -2.23. The van der Waals surface area contributed by atoms with Gasteiger partial charge < -0.3 is 20.7 Å². The Balaban J connectivity index is 1.64. The second-order valence-electron chi connectivity index (χ2n) is 6.74. The van der Waals surface area contributed by atoms with Gasteiger partial charge in [-0.2, -0.15) is 0 Å². The third kappa shape index (κ3) is 5.47. The largest absolute Gasteiger partial charge is 0.487 e. The molecule has 3 aliphatic rings. The Morgan fingerprint density at radius 1 is 1.37 bits per heavy atom. The van der Waals surface area contributed by atoms with Gasteiger partial charge in [-0.25, -0.2) is 0 Å². The molecule has 2 aliphatic heterocycles. The molecule has 1 aliphatic carbocycles. The molecule has 5 heteroatoms. The van der Waals surface area contributed by atoms with Gasteiger partial charge in [0.05, 0.1) is 11.4 Å². The highest BCUT2D eigenvalue weighted by Crippen LogP contribution is 2.19. The average Bonchev–Trinajstić information content (AvgIpc) is 3.20. The lowest BCUT2D eigenvalue weighted by molar-refractivity contribution is 0.135. The number of nitrogens with one attached hydrogen (secondary N) is 3. The van der Waals surface area contributed by atoms with Gasteiger partial charge >= 0.3 is 0 Å². The molecule has 0 radical (unpaired) electrons. The van der Waals surface area contributed by atoms with Gasteiger partial charge in [0.2, 0.25) is 0 Å². The highest BCUT2D eigenvalue weighted by Gasteiger charge is 2.20. The van der Waals surface area contributed by atoms with E-state index < -0.39 is 0 Å². The Hall–Kier alpha value is -2.53. The van der Waals surface area contributed by atoms with Crippen molar-refractivity contribution in [3.05, 3.63) is 71.5 Å². The van der Waals surface area contributed by atoms with Crippen LogP contribution in [0, 0.1) is 0 Å². The minimum atomic E-state index is 0.259. The number of allylic oxidation sites excluding steroid dienone is 5. The molecule has 5 nitrogen and oxygen atoms in total. The molecule has 3 rings (SSSR count). The van der Waals surface area contributed by atoms with Gasteiger partial charge in [0.25, 0.3) is 0 Å². The first kappa shape index (κ1) is 19.2. The summed E-state index contributed by atoms with van der Waals surface area (Å²) in [6, 6.07) is 0. The van der Waals surface area contributed by atoms with Crippen LogP contribution in [0.15, 0.2) is 76.5 Å². The molecular weight excluding hydrogens is 336 g/mol. The van der Waals surface area contributed by atoms with Crippen molar-refractivity contribution in [2.45, 2.75) is 32.8 Å². The molecule has 1 unspecified atom stereocenters. The van der Waals surface area contributed by atoms with Crippen molar-refractivity contribution in [2.75, 3.05) is 26.2 Å². The zero-order chi connectivity index (χ0) is 18.9. The number of aliphatic imine (C=N–C) groups is 1. The molecule has 0 aromatic rings. The Labute approximate surface area is 162 Å². The van der Waals surface area contributed by atoms with Crippen molar-refractivity contribution in [3.8, 4) is 0 Å². The van der Waals surface area contributed by atoms with E-state index in [2.05, 4.69) is 58.2 Å². The summed E-state index contributed by atoms with van der Waals surface area (Å²) >= 11 is 0. The SMILES string of the molecule is C\C=C/N=C1\C=C(CNC2=CNCC=C2OC2CCNC2)C=C\C1=C/CC. The van der Waals surface area contributed by atoms with Crippen LogP contribution in [0.5, 0.6) is 0 Å². The van der Waals surface area contributed by atoms with Gasteiger partial charge in [-0.1, -0.05) is 31.2 Å². The molecule has 0 saturated carbocycles. The van der Waals surface area contributed by atoms with E-state index >= 15 is 0 Å². The fourth-order valence-corrected chi connectivity index (χ4v) is 3.21. The number of ether oxygens (including phenoxy) is 1. The number of dihydropyridines is 1.